The van der Waals surface area contributed by atoms with E-state index in [2.05, 4.69) is 4.72 Å². The molecule has 1 aliphatic heterocycles. The van der Waals surface area contributed by atoms with E-state index in [0.717, 1.165) is 11.8 Å². The van der Waals surface area contributed by atoms with Crippen LogP contribution in [0, 0.1) is 0 Å². The summed E-state index contributed by atoms with van der Waals surface area (Å²) in [5, 5.41) is 10.8. The maximum Gasteiger partial charge on any atom is 0.241 e. The predicted molar refractivity (Wildman–Crippen MR) is 119 cm³/mol. The van der Waals surface area contributed by atoms with Gasteiger partial charge in [-0.2, -0.15) is 4.72 Å². The molecular weight excluding hydrogens is 430 g/mol. The Morgan fingerprint density at radius 1 is 0.875 bits per heavy atom. The minimum atomic E-state index is -3.98. The van der Waals surface area contributed by atoms with Crippen LogP contribution in [0.3, 0.4) is 0 Å². The number of rotatable bonds is 5. The second-order valence-electron chi connectivity index (χ2n) is 7.49. The Morgan fingerprint density at radius 3 is 2.50 bits per heavy atom. The molecule has 0 saturated heterocycles. The fourth-order valence-corrected chi connectivity index (χ4v) is 4.88. The average molecular weight is 452 g/mol. The molecule has 2 heterocycles. The first-order valence-electron chi connectivity index (χ1n) is 10.2. The summed E-state index contributed by atoms with van der Waals surface area (Å²) in [6, 6.07) is 19.3. The number of furan rings is 1. The third-order valence-electron chi connectivity index (χ3n) is 5.23. The third-order valence-corrected chi connectivity index (χ3v) is 6.66. The number of phenolic OH excluding ortho intramolecular Hbond substituents is 1. The molecule has 2 N–H and O–H groups in total. The molecule has 7 nitrogen and oxygen atoms in total. The largest absolute Gasteiger partial charge is 0.508 e. The maximum atomic E-state index is 13.3. The first-order valence-corrected chi connectivity index (χ1v) is 11.7. The van der Waals surface area contributed by atoms with Gasteiger partial charge < -0.3 is 19.0 Å². The van der Waals surface area contributed by atoms with Gasteiger partial charge in [0.1, 0.15) is 23.1 Å². The topological polar surface area (TPSA) is 98.0 Å². The molecule has 0 aliphatic carbocycles. The molecule has 4 aromatic rings. The molecule has 164 valence electrons. The van der Waals surface area contributed by atoms with Crippen molar-refractivity contribution in [1.29, 1.82) is 0 Å². The highest BCUT2D eigenvalue weighted by atomic mass is 32.2. The van der Waals surface area contributed by atoms with Gasteiger partial charge >= 0.3 is 0 Å². The summed E-state index contributed by atoms with van der Waals surface area (Å²) in [6.07, 6.45) is 0.723. The molecule has 1 atom stereocenters. The van der Waals surface area contributed by atoms with Crippen molar-refractivity contribution in [3.8, 4) is 17.2 Å². The molecule has 0 radical (unpaired) electrons. The lowest BCUT2D eigenvalue weighted by Crippen LogP contribution is -2.29. The second kappa shape index (κ2) is 8.22. The van der Waals surface area contributed by atoms with Gasteiger partial charge in [-0.25, -0.2) is 8.42 Å². The minimum absolute atomic E-state index is 0.0263. The molecule has 5 rings (SSSR count). The molecule has 1 aromatic heterocycles. The van der Waals surface area contributed by atoms with Crippen LogP contribution in [-0.4, -0.2) is 26.7 Å². The summed E-state index contributed by atoms with van der Waals surface area (Å²) >= 11 is 0. The highest BCUT2D eigenvalue weighted by Crippen LogP contribution is 2.34. The molecular formula is C24H21NO6S. The van der Waals surface area contributed by atoms with Crippen LogP contribution in [0.4, 0.5) is 0 Å². The summed E-state index contributed by atoms with van der Waals surface area (Å²) in [6.45, 7) is 0.970. The molecule has 32 heavy (non-hydrogen) atoms. The van der Waals surface area contributed by atoms with Crippen LogP contribution in [-0.2, 0) is 10.0 Å². The van der Waals surface area contributed by atoms with Crippen molar-refractivity contribution in [2.75, 3.05) is 13.2 Å². The van der Waals surface area contributed by atoms with Crippen molar-refractivity contribution in [2.24, 2.45) is 0 Å². The molecule has 0 unspecified atom stereocenters. The lowest BCUT2D eigenvalue weighted by atomic mass is 10.0. The highest BCUT2D eigenvalue weighted by molar-refractivity contribution is 7.89. The van der Waals surface area contributed by atoms with Crippen molar-refractivity contribution in [3.05, 3.63) is 84.1 Å². The minimum Gasteiger partial charge on any atom is -0.508 e. The van der Waals surface area contributed by atoms with E-state index in [9.17, 15) is 13.5 Å². The lowest BCUT2D eigenvalue weighted by molar-refractivity contribution is 0.297. The number of sulfonamides is 1. The lowest BCUT2D eigenvalue weighted by Gasteiger charge is -2.18. The van der Waals surface area contributed by atoms with Crippen LogP contribution in [0.25, 0.3) is 11.0 Å². The predicted octanol–water partition coefficient (Wildman–Crippen LogP) is 4.37. The van der Waals surface area contributed by atoms with Crippen molar-refractivity contribution in [3.63, 3.8) is 0 Å². The highest BCUT2D eigenvalue weighted by Gasteiger charge is 2.27. The van der Waals surface area contributed by atoms with Crippen molar-refractivity contribution >= 4 is 21.0 Å². The van der Waals surface area contributed by atoms with Gasteiger partial charge in [0, 0.05) is 17.9 Å². The van der Waals surface area contributed by atoms with Gasteiger partial charge in [-0.15, -0.1) is 0 Å². The monoisotopic (exact) mass is 451 g/mol. The zero-order valence-corrected chi connectivity index (χ0v) is 17.8. The number of para-hydroxylation sites is 1. The van der Waals surface area contributed by atoms with Crippen LogP contribution >= 0.6 is 0 Å². The van der Waals surface area contributed by atoms with Crippen molar-refractivity contribution in [1.82, 2.24) is 4.72 Å². The van der Waals surface area contributed by atoms with Gasteiger partial charge in [-0.3, -0.25) is 0 Å². The number of hydrogen-bond donors (Lipinski definition) is 2. The van der Waals surface area contributed by atoms with Crippen LogP contribution in [0.5, 0.6) is 17.2 Å². The van der Waals surface area contributed by atoms with Gasteiger partial charge in [-0.1, -0.05) is 30.3 Å². The smallest absolute Gasteiger partial charge is 0.241 e. The van der Waals surface area contributed by atoms with Crippen LogP contribution in [0.1, 0.15) is 23.8 Å². The number of ether oxygens (including phenoxy) is 2. The normalized spacial score (nSPS) is 14.8. The first-order chi connectivity index (χ1) is 15.5. The molecule has 0 amide bonds. The van der Waals surface area contributed by atoms with Crippen molar-refractivity contribution in [2.45, 2.75) is 17.4 Å². The number of fused-ring (bicyclic) bond motifs is 2. The Balaban J connectivity index is 1.55. The van der Waals surface area contributed by atoms with E-state index in [1.54, 1.807) is 24.3 Å². The fraction of sp³-hybridized carbons (Fsp3) is 0.167. The SMILES string of the molecule is O=S(=O)(N[C@H](c1cccc(O)c1)c1cc2ccccc2o1)c1ccc2c(c1)OCCCO2. The maximum absolute atomic E-state index is 13.3. The van der Waals surface area contributed by atoms with E-state index in [4.69, 9.17) is 13.9 Å². The zero-order chi connectivity index (χ0) is 22.1. The van der Waals surface area contributed by atoms with Gasteiger partial charge in [0.2, 0.25) is 10.0 Å². The summed E-state index contributed by atoms with van der Waals surface area (Å²) in [5.74, 6) is 1.35. The molecule has 1 aliphatic rings. The number of nitrogens with one attached hydrogen (secondary N) is 1. The molecule has 0 fully saturated rings. The third kappa shape index (κ3) is 4.02. The van der Waals surface area contributed by atoms with Gasteiger partial charge in [0.05, 0.1) is 18.1 Å². The summed E-state index contributed by atoms with van der Waals surface area (Å²) < 4.78 is 46.6. The fourth-order valence-electron chi connectivity index (χ4n) is 3.67. The average Bonchev–Trinajstić information content (AvgIpc) is 3.07. The Labute approximate surface area is 185 Å². The summed E-state index contributed by atoms with van der Waals surface area (Å²) in [5.41, 5.74) is 1.18. The van der Waals surface area contributed by atoms with E-state index < -0.39 is 16.1 Å². The summed E-state index contributed by atoms with van der Waals surface area (Å²) in [4.78, 5) is 0.0445. The molecule has 0 bridgehead atoms. The Morgan fingerprint density at radius 2 is 1.69 bits per heavy atom. The van der Waals surface area contributed by atoms with E-state index in [-0.39, 0.29) is 10.6 Å². The quantitative estimate of drug-likeness (QED) is 0.468. The van der Waals surface area contributed by atoms with Gasteiger partial charge in [0.15, 0.2) is 11.5 Å². The van der Waals surface area contributed by atoms with Crippen molar-refractivity contribution < 1.29 is 27.4 Å². The number of aromatic hydroxyl groups is 1. The Hall–Kier alpha value is -3.49. The number of hydrogen-bond acceptors (Lipinski definition) is 6. The standard InChI is InChI=1S/C24H21NO6S/c26-18-7-3-6-17(13-18)24(23-14-16-5-1-2-8-20(16)31-23)25-32(27,28)19-9-10-21-22(15-19)30-12-4-11-29-21/h1-3,5-10,13-15,24-26H,4,11-12H2/t24-/m1/s1. The zero-order valence-electron chi connectivity index (χ0n) is 17.0. The van der Waals surface area contributed by atoms with E-state index >= 15 is 0 Å². The molecule has 0 saturated carbocycles. The number of phenols is 1. The van der Waals surface area contributed by atoms with Gasteiger partial charge in [-0.05, 0) is 42.0 Å². The number of benzene rings is 3. The van der Waals surface area contributed by atoms with E-state index in [0.29, 0.717) is 41.6 Å². The van der Waals surface area contributed by atoms with Gasteiger partial charge in [0.25, 0.3) is 0 Å². The Bertz CT molecular complexity index is 1350. The second-order valence-corrected chi connectivity index (χ2v) is 9.21. The van der Waals surface area contributed by atoms with E-state index in [1.165, 1.54) is 24.3 Å². The van der Waals surface area contributed by atoms with Crippen LogP contribution in [0.2, 0.25) is 0 Å². The Kier molecular flexibility index (Phi) is 5.24. The molecule has 3 aromatic carbocycles. The van der Waals surface area contributed by atoms with E-state index in [1.807, 2.05) is 24.3 Å². The van der Waals surface area contributed by atoms with Crippen LogP contribution in [0.15, 0.2) is 82.1 Å². The van der Waals surface area contributed by atoms with Crippen LogP contribution < -0.4 is 14.2 Å². The molecule has 8 heteroatoms. The summed E-state index contributed by atoms with van der Waals surface area (Å²) in [7, 11) is -3.98. The first kappa shape index (κ1) is 20.4. The molecule has 0 spiro atoms.